The van der Waals surface area contributed by atoms with Crippen molar-refractivity contribution >= 4 is 40.5 Å². The molecular formula is C22H26ClN7. The molecule has 0 bridgehead atoms. The lowest BCUT2D eigenvalue weighted by atomic mass is 9.76. The molecule has 8 heteroatoms. The second-order valence-electron chi connectivity index (χ2n) is 7.44. The Morgan fingerprint density at radius 3 is 2.63 bits per heavy atom. The molecule has 1 aliphatic rings. The van der Waals surface area contributed by atoms with Gasteiger partial charge in [-0.1, -0.05) is 36.7 Å². The maximum atomic E-state index is 8.74. The van der Waals surface area contributed by atoms with Crippen LogP contribution in [0.15, 0.2) is 40.4 Å². The van der Waals surface area contributed by atoms with Crippen LogP contribution in [0, 0.1) is 10.8 Å². The van der Waals surface area contributed by atoms with Gasteiger partial charge in [0.05, 0.1) is 17.3 Å². The zero-order valence-electron chi connectivity index (χ0n) is 17.6. The molecule has 0 saturated heterocycles. The predicted octanol–water partition coefficient (Wildman–Crippen LogP) is 4.73. The topological polar surface area (TPSA) is 110 Å². The highest BCUT2D eigenvalue weighted by atomic mass is 35.5. The van der Waals surface area contributed by atoms with Crippen LogP contribution < -0.4 is 5.32 Å². The summed E-state index contributed by atoms with van der Waals surface area (Å²) in [5.41, 5.74) is 4.35. The number of fused-ring (bicyclic) bond motifs is 1. The van der Waals surface area contributed by atoms with Crippen LogP contribution in [0.2, 0.25) is 5.02 Å². The molecule has 156 valence electrons. The van der Waals surface area contributed by atoms with Crippen LogP contribution in [0.1, 0.15) is 55.3 Å². The fraction of sp³-hybridized carbons (Fsp3) is 0.364. The Labute approximate surface area is 181 Å². The minimum atomic E-state index is -0.392. The van der Waals surface area contributed by atoms with E-state index in [1.165, 1.54) is 0 Å². The lowest BCUT2D eigenvalue weighted by Crippen LogP contribution is -2.31. The normalized spacial score (nSPS) is 19.4. The number of rotatable bonds is 5. The maximum absolute atomic E-state index is 8.74. The number of nitrogens with zero attached hydrogens (tertiary/aromatic N) is 4. The van der Waals surface area contributed by atoms with Crippen LogP contribution in [0.25, 0.3) is 0 Å². The number of aliphatic imine (C=N–C) groups is 2. The van der Waals surface area contributed by atoms with Gasteiger partial charge in [0.15, 0.2) is 0 Å². The second-order valence-corrected chi connectivity index (χ2v) is 7.85. The number of halogens is 1. The van der Waals surface area contributed by atoms with Crippen molar-refractivity contribution in [3.8, 4) is 0 Å². The van der Waals surface area contributed by atoms with Crippen molar-refractivity contribution in [1.82, 2.24) is 9.97 Å². The molecule has 2 unspecified atom stereocenters. The van der Waals surface area contributed by atoms with Crippen molar-refractivity contribution in [2.75, 3.05) is 19.4 Å². The number of anilines is 1. The van der Waals surface area contributed by atoms with E-state index in [4.69, 9.17) is 27.4 Å². The summed E-state index contributed by atoms with van der Waals surface area (Å²) in [7, 11) is 3.39. The molecule has 1 aromatic heterocycles. The molecule has 0 fully saturated rings. The van der Waals surface area contributed by atoms with E-state index in [1.54, 1.807) is 21.0 Å². The van der Waals surface area contributed by atoms with Gasteiger partial charge in [-0.05, 0) is 30.9 Å². The molecule has 1 heterocycles. The molecule has 0 spiro atoms. The van der Waals surface area contributed by atoms with Crippen molar-refractivity contribution < 1.29 is 0 Å². The summed E-state index contributed by atoms with van der Waals surface area (Å²) in [6, 6.07) is 7.54. The fourth-order valence-electron chi connectivity index (χ4n) is 3.73. The zero-order valence-corrected chi connectivity index (χ0v) is 18.4. The third kappa shape index (κ3) is 4.46. The van der Waals surface area contributed by atoms with E-state index in [2.05, 4.69) is 27.2 Å². The van der Waals surface area contributed by atoms with Crippen LogP contribution in [-0.2, 0) is 0 Å². The molecule has 2 aromatic rings. The maximum Gasteiger partial charge on any atom is 0.228 e. The van der Waals surface area contributed by atoms with Gasteiger partial charge in [-0.3, -0.25) is 9.98 Å². The lowest BCUT2D eigenvalue weighted by molar-refractivity contribution is 0.724. The quantitative estimate of drug-likeness (QED) is 0.477. The summed E-state index contributed by atoms with van der Waals surface area (Å²) in [6.45, 7) is 3.81. The standard InChI is InChI=1S/C22H26ClN7/c1-12-9-17(25)19(20(27-4)14-7-5-6-8-16(14)23)21-15(12)11-28-22(30-21)29-18(26-3)10-13(2)24/h5-8,11-12,19,24-25H,9-10H2,1-4H3,(H,26,28,29,30). The molecule has 0 amide bonds. The van der Waals surface area contributed by atoms with Crippen molar-refractivity contribution in [2.45, 2.75) is 38.5 Å². The average Bonchev–Trinajstić information content (AvgIpc) is 2.70. The Bertz CT molecular complexity index is 1040. The van der Waals surface area contributed by atoms with E-state index in [0.29, 0.717) is 41.1 Å². The van der Waals surface area contributed by atoms with E-state index in [-0.39, 0.29) is 5.92 Å². The van der Waals surface area contributed by atoms with Gasteiger partial charge in [0.2, 0.25) is 5.95 Å². The van der Waals surface area contributed by atoms with Crippen molar-refractivity contribution in [3.05, 3.63) is 52.3 Å². The van der Waals surface area contributed by atoms with E-state index < -0.39 is 5.92 Å². The first-order chi connectivity index (χ1) is 14.3. The number of amidine groups is 1. The Morgan fingerprint density at radius 2 is 2.00 bits per heavy atom. The SMILES string of the molecule is CN=C(CC(C)=N)Nc1ncc2c(n1)C(C(=NC)c1ccccc1Cl)C(=N)CC2C. The van der Waals surface area contributed by atoms with Crippen LogP contribution in [0.5, 0.6) is 0 Å². The molecule has 3 N–H and O–H groups in total. The van der Waals surface area contributed by atoms with Crippen LogP contribution in [0.4, 0.5) is 5.95 Å². The zero-order chi connectivity index (χ0) is 21.8. The minimum absolute atomic E-state index is 0.144. The minimum Gasteiger partial charge on any atom is -0.312 e. The molecule has 3 rings (SSSR count). The first kappa shape index (κ1) is 21.8. The third-order valence-corrected chi connectivity index (χ3v) is 5.48. The number of nitrogens with one attached hydrogen (secondary N) is 3. The van der Waals surface area contributed by atoms with Crippen molar-refractivity contribution in [3.63, 3.8) is 0 Å². The first-order valence-corrected chi connectivity index (χ1v) is 10.2. The van der Waals surface area contributed by atoms with Crippen molar-refractivity contribution in [2.24, 2.45) is 9.98 Å². The van der Waals surface area contributed by atoms with Crippen LogP contribution >= 0.6 is 11.6 Å². The monoisotopic (exact) mass is 423 g/mol. The van der Waals surface area contributed by atoms with Crippen molar-refractivity contribution in [1.29, 1.82) is 10.8 Å². The van der Waals surface area contributed by atoms with E-state index in [9.17, 15) is 0 Å². The smallest absolute Gasteiger partial charge is 0.228 e. The number of benzene rings is 1. The van der Waals surface area contributed by atoms with E-state index in [0.717, 1.165) is 22.5 Å². The van der Waals surface area contributed by atoms with Crippen LogP contribution in [-0.4, -0.2) is 47.0 Å². The van der Waals surface area contributed by atoms with Crippen LogP contribution in [0.3, 0.4) is 0 Å². The Hall–Kier alpha value is -2.93. The summed E-state index contributed by atoms with van der Waals surface area (Å²) in [5.74, 6) is 0.770. The highest BCUT2D eigenvalue weighted by Gasteiger charge is 2.35. The number of hydrogen-bond donors (Lipinski definition) is 3. The van der Waals surface area contributed by atoms with Gasteiger partial charge in [-0.15, -0.1) is 0 Å². The first-order valence-electron chi connectivity index (χ1n) is 9.78. The molecule has 7 nitrogen and oxygen atoms in total. The predicted molar refractivity (Wildman–Crippen MR) is 124 cm³/mol. The second kappa shape index (κ2) is 9.26. The van der Waals surface area contributed by atoms with Gasteiger partial charge < -0.3 is 16.1 Å². The Kier molecular flexibility index (Phi) is 6.72. The van der Waals surface area contributed by atoms with Gasteiger partial charge in [0.1, 0.15) is 5.84 Å². The molecule has 30 heavy (non-hydrogen) atoms. The molecule has 1 aromatic carbocycles. The summed E-state index contributed by atoms with van der Waals surface area (Å²) in [6.07, 6.45) is 2.83. The molecule has 0 radical (unpaired) electrons. The van der Waals surface area contributed by atoms with Gasteiger partial charge in [-0.25, -0.2) is 9.97 Å². The van der Waals surface area contributed by atoms with Gasteiger partial charge >= 0.3 is 0 Å². The Morgan fingerprint density at radius 1 is 1.27 bits per heavy atom. The number of hydrogen-bond acceptors (Lipinski definition) is 6. The molecular weight excluding hydrogens is 398 g/mol. The molecule has 0 saturated carbocycles. The van der Waals surface area contributed by atoms with Gasteiger partial charge in [0.25, 0.3) is 0 Å². The summed E-state index contributed by atoms with van der Waals surface area (Å²) in [5, 5.41) is 20.2. The summed E-state index contributed by atoms with van der Waals surface area (Å²) < 4.78 is 0. The lowest BCUT2D eigenvalue weighted by Gasteiger charge is -2.31. The highest BCUT2D eigenvalue weighted by molar-refractivity contribution is 6.35. The molecule has 2 atom stereocenters. The number of aromatic nitrogens is 2. The highest BCUT2D eigenvalue weighted by Crippen LogP contribution is 2.38. The fourth-order valence-corrected chi connectivity index (χ4v) is 3.96. The largest absolute Gasteiger partial charge is 0.312 e. The average molecular weight is 424 g/mol. The van der Waals surface area contributed by atoms with Gasteiger partial charge in [0, 0.05) is 48.7 Å². The molecule has 1 aliphatic carbocycles. The third-order valence-electron chi connectivity index (χ3n) is 5.15. The van der Waals surface area contributed by atoms with E-state index in [1.807, 2.05) is 30.5 Å². The van der Waals surface area contributed by atoms with Gasteiger partial charge in [-0.2, -0.15) is 0 Å². The Balaban J connectivity index is 2.07. The summed E-state index contributed by atoms with van der Waals surface area (Å²) in [4.78, 5) is 18.0. The summed E-state index contributed by atoms with van der Waals surface area (Å²) >= 11 is 6.46. The molecule has 0 aliphatic heterocycles. The van der Waals surface area contributed by atoms with E-state index >= 15 is 0 Å².